The van der Waals surface area contributed by atoms with E-state index in [2.05, 4.69) is 10.3 Å². The number of hydrogen-bond acceptors (Lipinski definition) is 3. The van der Waals surface area contributed by atoms with Gasteiger partial charge in [-0.1, -0.05) is 0 Å². The Morgan fingerprint density at radius 1 is 1.18 bits per heavy atom. The van der Waals surface area contributed by atoms with Crippen molar-refractivity contribution in [3.8, 4) is 5.75 Å². The molecule has 1 aromatic heterocycles. The fourth-order valence-electron chi connectivity index (χ4n) is 1.35. The number of benzene rings is 1. The molecule has 0 aliphatic rings. The van der Waals surface area contributed by atoms with E-state index in [0.29, 0.717) is 11.3 Å². The maximum atomic E-state index is 11.8. The third-order valence-corrected chi connectivity index (χ3v) is 2.30. The fraction of sp³-hybridized carbons (Fsp3) is 0.0769. The maximum absolute atomic E-state index is 11.8. The molecule has 86 valence electrons. The molecule has 0 bridgehead atoms. The number of anilines is 1. The molecule has 0 unspecified atom stereocenters. The zero-order valence-electron chi connectivity index (χ0n) is 9.34. The smallest absolute Gasteiger partial charge is 0.257 e. The lowest BCUT2D eigenvalue weighted by atomic mass is 10.2. The van der Waals surface area contributed by atoms with E-state index in [4.69, 9.17) is 5.11 Å². The summed E-state index contributed by atoms with van der Waals surface area (Å²) in [5, 5.41) is 11.8. The summed E-state index contributed by atoms with van der Waals surface area (Å²) in [7, 11) is 0. The molecule has 0 aliphatic heterocycles. The molecule has 1 aromatic carbocycles. The molecule has 1 amide bonds. The molecule has 0 spiro atoms. The normalized spacial score (nSPS) is 9.94. The summed E-state index contributed by atoms with van der Waals surface area (Å²) in [4.78, 5) is 15.9. The van der Waals surface area contributed by atoms with Gasteiger partial charge in [0.25, 0.3) is 5.91 Å². The lowest BCUT2D eigenvalue weighted by Crippen LogP contribution is -2.12. The van der Waals surface area contributed by atoms with Gasteiger partial charge in [-0.3, -0.25) is 9.78 Å². The maximum Gasteiger partial charge on any atom is 0.257 e. The number of amides is 1. The van der Waals surface area contributed by atoms with Gasteiger partial charge in [-0.2, -0.15) is 0 Å². The number of nitrogens with one attached hydrogen (secondary N) is 1. The van der Waals surface area contributed by atoms with E-state index in [9.17, 15) is 4.79 Å². The van der Waals surface area contributed by atoms with Crippen LogP contribution in [0.2, 0.25) is 0 Å². The number of nitrogens with zero attached hydrogens (tertiary/aromatic N) is 1. The van der Waals surface area contributed by atoms with Crippen LogP contribution >= 0.6 is 0 Å². The van der Waals surface area contributed by atoms with Crippen molar-refractivity contribution in [1.29, 1.82) is 0 Å². The number of carbonyl (C=O) groups excluding carboxylic acids is 1. The summed E-state index contributed by atoms with van der Waals surface area (Å²) in [6, 6.07) is 9.81. The van der Waals surface area contributed by atoms with Crippen molar-refractivity contribution in [3.63, 3.8) is 0 Å². The minimum Gasteiger partial charge on any atom is -0.508 e. The minimum absolute atomic E-state index is 0.167. The van der Waals surface area contributed by atoms with E-state index in [-0.39, 0.29) is 11.7 Å². The van der Waals surface area contributed by atoms with Crippen LogP contribution in [0.5, 0.6) is 5.75 Å². The van der Waals surface area contributed by atoms with E-state index in [1.165, 1.54) is 18.3 Å². The van der Waals surface area contributed by atoms with Gasteiger partial charge in [0.1, 0.15) is 5.75 Å². The van der Waals surface area contributed by atoms with E-state index < -0.39 is 0 Å². The Labute approximate surface area is 98.9 Å². The van der Waals surface area contributed by atoms with Crippen molar-refractivity contribution in [3.05, 3.63) is 53.9 Å². The number of pyridine rings is 1. The van der Waals surface area contributed by atoms with Crippen molar-refractivity contribution in [2.75, 3.05) is 5.32 Å². The fourth-order valence-corrected chi connectivity index (χ4v) is 1.35. The molecule has 2 N–H and O–H groups in total. The Morgan fingerprint density at radius 2 is 1.88 bits per heavy atom. The van der Waals surface area contributed by atoms with Crippen LogP contribution < -0.4 is 5.32 Å². The van der Waals surface area contributed by atoms with Crippen LogP contribution in [0.25, 0.3) is 0 Å². The van der Waals surface area contributed by atoms with E-state index in [0.717, 1.165) is 5.69 Å². The lowest BCUT2D eigenvalue weighted by molar-refractivity contribution is 0.102. The summed E-state index contributed by atoms with van der Waals surface area (Å²) in [5.74, 6) is -0.0526. The van der Waals surface area contributed by atoms with E-state index in [1.54, 1.807) is 24.3 Å². The number of aromatic hydroxyl groups is 1. The predicted molar refractivity (Wildman–Crippen MR) is 65.0 cm³/mol. The van der Waals surface area contributed by atoms with Gasteiger partial charge in [0.05, 0.1) is 5.56 Å². The van der Waals surface area contributed by atoms with Gasteiger partial charge in [0.15, 0.2) is 0 Å². The highest BCUT2D eigenvalue weighted by molar-refractivity contribution is 6.04. The van der Waals surface area contributed by atoms with Crippen LogP contribution in [0.1, 0.15) is 16.1 Å². The Kier molecular flexibility index (Phi) is 3.05. The lowest BCUT2D eigenvalue weighted by Gasteiger charge is -2.05. The highest BCUT2D eigenvalue weighted by Crippen LogP contribution is 2.14. The topological polar surface area (TPSA) is 62.2 Å². The first-order valence-corrected chi connectivity index (χ1v) is 5.18. The number of rotatable bonds is 2. The molecule has 17 heavy (non-hydrogen) atoms. The first-order chi connectivity index (χ1) is 8.15. The van der Waals surface area contributed by atoms with Crippen LogP contribution in [0, 0.1) is 6.92 Å². The van der Waals surface area contributed by atoms with Gasteiger partial charge in [-0.15, -0.1) is 0 Å². The first kappa shape index (κ1) is 11.1. The summed E-state index contributed by atoms with van der Waals surface area (Å²) in [6.45, 7) is 1.86. The van der Waals surface area contributed by atoms with Crippen molar-refractivity contribution >= 4 is 11.6 Å². The molecule has 0 aliphatic carbocycles. The standard InChI is InChI=1S/C13H12N2O2/c1-9-2-3-10(8-14-9)13(17)15-11-4-6-12(16)7-5-11/h2-8,16H,1H3,(H,15,17). The third-order valence-electron chi connectivity index (χ3n) is 2.30. The average Bonchev–Trinajstić information content (AvgIpc) is 2.33. The third kappa shape index (κ3) is 2.81. The van der Waals surface area contributed by atoms with Gasteiger partial charge in [0, 0.05) is 17.6 Å². The van der Waals surface area contributed by atoms with Crippen molar-refractivity contribution < 1.29 is 9.90 Å². The Balaban J connectivity index is 2.11. The molecule has 4 heteroatoms. The van der Waals surface area contributed by atoms with Crippen molar-refractivity contribution in [2.45, 2.75) is 6.92 Å². The zero-order chi connectivity index (χ0) is 12.3. The van der Waals surface area contributed by atoms with Gasteiger partial charge in [-0.05, 0) is 43.3 Å². The van der Waals surface area contributed by atoms with Gasteiger partial charge in [0.2, 0.25) is 0 Å². The molecule has 0 saturated heterocycles. The van der Waals surface area contributed by atoms with Crippen LogP contribution in [-0.2, 0) is 0 Å². The number of hydrogen-bond donors (Lipinski definition) is 2. The number of phenolic OH excluding ortho intramolecular Hbond substituents is 1. The second-order valence-electron chi connectivity index (χ2n) is 3.69. The number of carbonyl (C=O) groups is 1. The molecular formula is C13H12N2O2. The highest BCUT2D eigenvalue weighted by Gasteiger charge is 2.05. The highest BCUT2D eigenvalue weighted by atomic mass is 16.3. The summed E-state index contributed by atoms with van der Waals surface area (Å²) >= 11 is 0. The number of aryl methyl sites for hydroxylation is 1. The second kappa shape index (κ2) is 4.65. The van der Waals surface area contributed by atoms with Crippen LogP contribution in [0.4, 0.5) is 5.69 Å². The summed E-state index contributed by atoms with van der Waals surface area (Å²) < 4.78 is 0. The van der Waals surface area contributed by atoms with Crippen LogP contribution in [0.3, 0.4) is 0 Å². The van der Waals surface area contributed by atoms with Crippen molar-refractivity contribution in [1.82, 2.24) is 4.98 Å². The summed E-state index contributed by atoms with van der Waals surface area (Å²) in [5.41, 5.74) is 2.00. The molecule has 2 aromatic rings. The Morgan fingerprint density at radius 3 is 2.47 bits per heavy atom. The molecule has 4 nitrogen and oxygen atoms in total. The van der Waals surface area contributed by atoms with Gasteiger partial charge in [-0.25, -0.2) is 0 Å². The monoisotopic (exact) mass is 228 g/mol. The largest absolute Gasteiger partial charge is 0.508 e. The van der Waals surface area contributed by atoms with E-state index in [1.807, 2.05) is 6.92 Å². The van der Waals surface area contributed by atoms with Crippen LogP contribution in [0.15, 0.2) is 42.6 Å². The quantitative estimate of drug-likeness (QED) is 0.775. The van der Waals surface area contributed by atoms with Crippen LogP contribution in [-0.4, -0.2) is 16.0 Å². The van der Waals surface area contributed by atoms with E-state index >= 15 is 0 Å². The number of aromatic nitrogens is 1. The first-order valence-electron chi connectivity index (χ1n) is 5.18. The Hall–Kier alpha value is -2.36. The summed E-state index contributed by atoms with van der Waals surface area (Å²) in [6.07, 6.45) is 1.53. The molecule has 0 saturated carbocycles. The SMILES string of the molecule is Cc1ccc(C(=O)Nc2ccc(O)cc2)cn1. The predicted octanol–water partition coefficient (Wildman–Crippen LogP) is 2.35. The van der Waals surface area contributed by atoms with Gasteiger partial charge < -0.3 is 10.4 Å². The molecule has 0 fully saturated rings. The van der Waals surface area contributed by atoms with Crippen molar-refractivity contribution in [2.24, 2.45) is 0 Å². The molecule has 1 heterocycles. The molecular weight excluding hydrogens is 216 g/mol. The Bertz CT molecular complexity index is 518. The zero-order valence-corrected chi connectivity index (χ0v) is 9.34. The number of phenols is 1. The average molecular weight is 228 g/mol. The molecule has 0 atom stereocenters. The molecule has 0 radical (unpaired) electrons. The van der Waals surface area contributed by atoms with Gasteiger partial charge >= 0.3 is 0 Å². The second-order valence-corrected chi connectivity index (χ2v) is 3.69. The molecule has 2 rings (SSSR count). The minimum atomic E-state index is -0.219.